The van der Waals surface area contributed by atoms with Gasteiger partial charge in [-0.1, -0.05) is 55.9 Å². The molecule has 2 saturated heterocycles. The van der Waals surface area contributed by atoms with Gasteiger partial charge in [0.15, 0.2) is 11.6 Å². The van der Waals surface area contributed by atoms with Crippen molar-refractivity contribution in [3.05, 3.63) is 279 Å². The van der Waals surface area contributed by atoms with Crippen molar-refractivity contribution in [2.75, 3.05) is 33.0 Å². The van der Waals surface area contributed by atoms with Crippen LogP contribution in [0.25, 0.3) is 78.0 Å². The Kier molecular flexibility index (Phi) is 21.3. The number of H-pyrrole nitrogens is 1. The third-order valence-electron chi connectivity index (χ3n) is 29.3. The molecule has 6 aromatic carbocycles. The van der Waals surface area contributed by atoms with Gasteiger partial charge in [-0.15, -0.1) is 0 Å². The van der Waals surface area contributed by atoms with E-state index < -0.39 is 42.7 Å². The molecule has 0 bridgehead atoms. The summed E-state index contributed by atoms with van der Waals surface area (Å²) in [5, 5.41) is 31.4. The van der Waals surface area contributed by atoms with Crippen molar-refractivity contribution < 1.29 is 41.6 Å². The number of halogens is 2. The minimum atomic E-state index is -1.42. The molecule has 4 aliphatic heterocycles. The molecular formula is C100H108F2N20O11Si. The molecule has 0 spiro atoms. The van der Waals surface area contributed by atoms with Gasteiger partial charge in [0.2, 0.25) is 0 Å². The van der Waals surface area contributed by atoms with E-state index in [4.69, 9.17) is 33.5 Å². The highest BCUT2D eigenvalue weighted by Gasteiger charge is 2.62. The molecule has 8 atom stereocenters. The highest BCUT2D eigenvalue weighted by atomic mass is 28.3. The summed E-state index contributed by atoms with van der Waals surface area (Å²) >= 11 is 0. The first kappa shape index (κ1) is 87.2. The number of benzene rings is 6. The number of hydrogen-bond donors (Lipinski definition) is 1. The number of carbonyl (C=O) groups excluding carboxylic acids is 2. The van der Waals surface area contributed by atoms with Crippen molar-refractivity contribution in [1.82, 2.24) is 96.2 Å². The van der Waals surface area contributed by atoms with E-state index in [0.29, 0.717) is 161 Å². The third-order valence-corrected chi connectivity index (χ3v) is 31.0. The molecule has 10 aromatic heterocycles. The van der Waals surface area contributed by atoms with Crippen molar-refractivity contribution >= 4 is 63.5 Å². The van der Waals surface area contributed by atoms with Crippen LogP contribution in [0.5, 0.6) is 0 Å². The van der Waals surface area contributed by atoms with Crippen LogP contribution in [-0.4, -0.2) is 161 Å². The fraction of sp³-hybridized carbons (Fsp3) is 0.400. The molecule has 0 unspecified atom stereocenters. The molecule has 0 radical (unpaired) electrons. The Labute approximate surface area is 769 Å². The van der Waals surface area contributed by atoms with E-state index in [2.05, 4.69) is 105 Å². The van der Waals surface area contributed by atoms with Crippen LogP contribution in [0.2, 0.25) is 25.7 Å². The van der Waals surface area contributed by atoms with Gasteiger partial charge in [0.1, 0.15) is 52.5 Å². The summed E-state index contributed by atoms with van der Waals surface area (Å²) in [6.45, 7) is 29.2. The zero-order chi connectivity index (χ0) is 93.5. The number of nitrogens with zero attached hydrogens (tertiary/aromatic N) is 19. The van der Waals surface area contributed by atoms with Crippen LogP contribution < -0.4 is 22.9 Å². The number of rotatable bonds is 19. The van der Waals surface area contributed by atoms with Crippen LogP contribution >= 0.6 is 0 Å². The molecule has 4 fully saturated rings. The minimum Gasteiger partial charge on any atom is -0.381 e. The van der Waals surface area contributed by atoms with Crippen LogP contribution in [0.4, 0.5) is 8.78 Å². The van der Waals surface area contributed by atoms with E-state index in [0.717, 1.165) is 86.7 Å². The molecule has 2 aliphatic carbocycles. The average Bonchev–Trinajstić information content (AvgIpc) is 1.53. The van der Waals surface area contributed by atoms with E-state index in [1.807, 2.05) is 100 Å². The number of imidazole rings is 2. The predicted octanol–water partition coefficient (Wildman–Crippen LogP) is 15.6. The van der Waals surface area contributed by atoms with E-state index >= 15 is 18.4 Å². The maximum Gasteiger partial charge on any atom is 0.443 e. The lowest BCUT2D eigenvalue weighted by Crippen LogP contribution is -2.46. The smallest absolute Gasteiger partial charge is 0.381 e. The fourth-order valence-electron chi connectivity index (χ4n) is 22.0. The molecule has 2 amide bonds. The molecule has 22 rings (SSSR count). The summed E-state index contributed by atoms with van der Waals surface area (Å²) in [7, 11) is 2.33. The maximum absolute atomic E-state index is 16.0. The van der Waals surface area contributed by atoms with E-state index in [9.17, 15) is 19.2 Å². The van der Waals surface area contributed by atoms with Gasteiger partial charge in [0.05, 0.1) is 69.6 Å². The zero-order valence-electron chi connectivity index (χ0n) is 77.8. The van der Waals surface area contributed by atoms with Crippen LogP contribution in [0.1, 0.15) is 193 Å². The van der Waals surface area contributed by atoms with Crippen molar-refractivity contribution in [3.8, 4) is 34.4 Å². The Bertz CT molecular complexity index is 7660. The first-order valence-corrected chi connectivity index (χ1v) is 50.1. The number of hydrogen-bond acceptors (Lipinski definition) is 17. The maximum atomic E-state index is 16.0. The lowest BCUT2D eigenvalue weighted by molar-refractivity contribution is 0.0557. The number of amides is 2. The minimum absolute atomic E-state index is 0.0188. The molecule has 2 saturated carbocycles. The lowest BCUT2D eigenvalue weighted by Gasteiger charge is -2.39. The topological polar surface area (TPSA) is 310 Å². The molecule has 14 heterocycles. The number of fused-ring (bicyclic) bond motifs is 6. The zero-order valence-corrected chi connectivity index (χ0v) is 78.8. The van der Waals surface area contributed by atoms with Crippen LogP contribution in [-0.2, 0) is 59.0 Å². The fourth-order valence-corrected chi connectivity index (χ4v) is 22.8. The number of ether oxygens (including phenoxy) is 3. The summed E-state index contributed by atoms with van der Waals surface area (Å²) in [4.78, 5) is 93.8. The molecule has 1 N–H and O–H groups in total. The normalized spacial score (nSPS) is 21.0. The summed E-state index contributed by atoms with van der Waals surface area (Å²) in [6, 6.07) is 34.4. The van der Waals surface area contributed by atoms with Crippen molar-refractivity contribution in [1.29, 1.82) is 0 Å². The van der Waals surface area contributed by atoms with Crippen molar-refractivity contribution in [2.45, 2.75) is 200 Å². The Balaban J connectivity index is 0.000000162. The number of aromatic amines is 1. The van der Waals surface area contributed by atoms with Gasteiger partial charge in [-0.25, -0.2) is 41.9 Å². The number of carbonyl (C=O) groups is 2. The molecule has 31 nitrogen and oxygen atoms in total. The van der Waals surface area contributed by atoms with Gasteiger partial charge < -0.3 is 33.1 Å². The summed E-state index contributed by atoms with van der Waals surface area (Å²) in [6.07, 6.45) is 16.1. The lowest BCUT2D eigenvalue weighted by atomic mass is 9.91. The highest BCUT2D eigenvalue weighted by molar-refractivity contribution is 6.76. The molecule has 134 heavy (non-hydrogen) atoms. The Hall–Kier alpha value is -13.4. The summed E-state index contributed by atoms with van der Waals surface area (Å²) in [5.74, 6) is 0.0739. The number of aromatic nitrogens is 18. The second kappa shape index (κ2) is 32.7. The van der Waals surface area contributed by atoms with Crippen LogP contribution in [0.3, 0.4) is 0 Å². The van der Waals surface area contributed by atoms with E-state index in [-0.39, 0.29) is 65.5 Å². The summed E-state index contributed by atoms with van der Waals surface area (Å²) in [5.41, 5.74) is 11.6. The van der Waals surface area contributed by atoms with E-state index in [1.54, 1.807) is 126 Å². The molecule has 692 valence electrons. The largest absolute Gasteiger partial charge is 0.443 e. The first-order chi connectivity index (χ1) is 64.3. The molecular weight excluding hydrogens is 1720 g/mol. The highest BCUT2D eigenvalue weighted by Crippen LogP contribution is 2.59. The van der Waals surface area contributed by atoms with Crippen molar-refractivity contribution in [3.63, 3.8) is 0 Å². The Morgan fingerprint density at radius 1 is 0.515 bits per heavy atom. The third kappa shape index (κ3) is 14.3. The van der Waals surface area contributed by atoms with Crippen LogP contribution in [0.15, 0.2) is 175 Å². The molecule has 16 aromatic rings. The second-order valence-electron chi connectivity index (χ2n) is 39.2. The Morgan fingerprint density at radius 3 is 1.36 bits per heavy atom. The average molecular weight is 1830 g/mol. The second-order valence-corrected chi connectivity index (χ2v) is 44.8. The van der Waals surface area contributed by atoms with Gasteiger partial charge in [0, 0.05) is 149 Å². The number of nitrogens with one attached hydrogen (secondary N) is 1. The SMILES string of the molecule is Cc1cc(-n2nc3c(c2-n2ccn(-c4ccc5c(cnn5C)c4)c2=O)[C@H](C)N(C(=O)c2cc4cc(C5CCOCC5)ccc4n2[C@@]2(c4noc(=O)[nH]4)C[C@@H]2C)[C@H](C)C3)cc(C)c1F.Cc1cc(-n2nc3c(c2-n2ccn(-c4ccc5c(cnn5C)c4)c2=O)[C@H](C)N(C(=O)c2cc4cc(C5CCOCC5)ccc4n2[C@@]2(c4noc(=O)n4COCC[Si](C)(C)C)C[C@@H]2C)[C@H](C)C3)cc(C)c1F. The van der Waals surface area contributed by atoms with Crippen molar-refractivity contribution in [2.24, 2.45) is 25.9 Å². The van der Waals surface area contributed by atoms with Gasteiger partial charge in [0.25, 0.3) is 11.8 Å². The van der Waals surface area contributed by atoms with Gasteiger partial charge >= 0.3 is 22.9 Å². The van der Waals surface area contributed by atoms with Gasteiger partial charge in [-0.2, -0.15) is 20.4 Å². The number of aryl methyl sites for hydroxylation is 6. The Morgan fingerprint density at radius 2 is 0.940 bits per heavy atom. The molecule has 34 heteroatoms. The molecule has 6 aliphatic rings. The quantitative estimate of drug-likeness (QED) is 0.0581. The summed E-state index contributed by atoms with van der Waals surface area (Å²) < 4.78 is 77.4. The van der Waals surface area contributed by atoms with Crippen LogP contribution in [0, 0.1) is 51.2 Å². The van der Waals surface area contributed by atoms with Gasteiger partial charge in [-0.05, 0) is 254 Å². The first-order valence-electron chi connectivity index (χ1n) is 46.4. The van der Waals surface area contributed by atoms with E-state index in [1.165, 1.54) is 15.7 Å². The monoisotopic (exact) mass is 1830 g/mol. The standard InChI is InChI=1S/C53H61FN10O6Si.C47H47FN10O5/c1-31-22-41(23-32(2)47(31)54)64-48(60-17-16-59(51(60)66)40-11-13-43-39(26-40)29-55-58(43)6)46-35(5)62(34(4)24-42(46)56-64)49(65)45-27-38-25-37(36-14-18-68-19-15-36)10-12-44(38)63(45)53(28-33(53)3)50-57-70-52(67)61(50)30-69-20-21-71(7,8)9;1-25-17-35(18-26(2)41(25)48)58-42(55-14-13-54(46(55)61)34-8-10-37-33(21-34)24-49-53(37)6)40-29(5)56(28(4)19-36(40)51-58)43(59)39-22-32-20-31(30-11-15-62-16-12-30)7-9-38(32)57(39)47(23-27(47)3)44-50-45(60)63-52-44/h10-13,16-17,22-23,25-27,29,33-36H,14-15,18-21,24,28,30H2,1-9H3;7-10,13-14,17-18,20-22,24,27-30H,11-12,15-16,19,23H2,1-6H3,(H,50,52,60)/t33-,34+,35-,53-;27-,28+,29-,47-/m00/s1. The van der Waals surface area contributed by atoms with Gasteiger partial charge in [-0.3, -0.25) is 51.3 Å². The predicted molar refractivity (Wildman–Crippen MR) is 503 cm³/mol.